The first-order valence-corrected chi connectivity index (χ1v) is 7.06. The number of unbranched alkanes of at least 4 members (excludes halogenated alkanes) is 1. The maximum absolute atomic E-state index is 13.3. The van der Waals surface area contributed by atoms with Crippen molar-refractivity contribution in [3.63, 3.8) is 0 Å². The minimum atomic E-state index is -0.310. The third-order valence-corrected chi connectivity index (χ3v) is 2.90. The Morgan fingerprint density at radius 3 is 2.76 bits per heavy atom. The van der Waals surface area contributed by atoms with Gasteiger partial charge in [-0.05, 0) is 30.7 Å². The molecule has 0 aliphatic carbocycles. The molecule has 0 spiro atoms. The third kappa shape index (κ3) is 4.91. The fourth-order valence-electron chi connectivity index (χ4n) is 1.76. The van der Waals surface area contributed by atoms with Crippen molar-refractivity contribution in [1.29, 1.82) is 0 Å². The summed E-state index contributed by atoms with van der Waals surface area (Å²) in [4.78, 5) is 0. The predicted octanol–water partition coefficient (Wildman–Crippen LogP) is 4.45. The number of hydrazone groups is 1. The zero-order valence-corrected chi connectivity index (χ0v) is 12.1. The van der Waals surface area contributed by atoms with Gasteiger partial charge >= 0.3 is 0 Å². The number of nitrogens with one attached hydrogen (secondary N) is 1. The first-order valence-electron chi connectivity index (χ1n) is 7.06. The summed E-state index contributed by atoms with van der Waals surface area (Å²) in [6.45, 7) is 2.66. The summed E-state index contributed by atoms with van der Waals surface area (Å²) in [6.07, 6.45) is 3.61. The van der Waals surface area contributed by atoms with Crippen molar-refractivity contribution in [2.24, 2.45) is 5.10 Å². The minimum absolute atomic E-state index is 0.310. The molecule has 0 heterocycles. The Morgan fingerprint density at radius 1 is 1.19 bits per heavy atom. The second-order valence-corrected chi connectivity index (χ2v) is 4.62. The number of nitrogens with zero attached hydrogens (tertiary/aromatic N) is 1. The van der Waals surface area contributed by atoms with E-state index in [2.05, 4.69) is 17.5 Å². The van der Waals surface area contributed by atoms with Crippen LogP contribution < -0.4 is 10.2 Å². The van der Waals surface area contributed by atoms with Crippen LogP contribution in [-0.2, 0) is 0 Å². The molecule has 0 amide bonds. The van der Waals surface area contributed by atoms with E-state index in [-0.39, 0.29) is 5.82 Å². The van der Waals surface area contributed by atoms with Crippen molar-refractivity contribution in [1.82, 2.24) is 0 Å². The van der Waals surface area contributed by atoms with Crippen LogP contribution in [0.15, 0.2) is 53.6 Å². The monoisotopic (exact) mass is 286 g/mol. The summed E-state index contributed by atoms with van der Waals surface area (Å²) in [5.74, 6) is 0.205. The molecule has 3 nitrogen and oxygen atoms in total. The molecule has 4 heteroatoms. The molecule has 0 aromatic heterocycles. The molecule has 2 aromatic rings. The lowest BCUT2D eigenvalue weighted by molar-refractivity contribution is 0.307. The fraction of sp³-hybridized carbons (Fsp3) is 0.235. The Morgan fingerprint density at radius 2 is 2.00 bits per heavy atom. The average molecular weight is 286 g/mol. The van der Waals surface area contributed by atoms with Gasteiger partial charge in [-0.3, -0.25) is 5.43 Å². The Bertz CT molecular complexity index is 585. The first kappa shape index (κ1) is 15.0. The molecule has 0 saturated carbocycles. The highest BCUT2D eigenvalue weighted by Crippen LogP contribution is 2.19. The van der Waals surface area contributed by atoms with E-state index >= 15 is 0 Å². The van der Waals surface area contributed by atoms with Crippen LogP contribution in [0.5, 0.6) is 5.75 Å². The summed E-state index contributed by atoms with van der Waals surface area (Å²) in [5, 5.41) is 4.15. The number of hydrogen-bond acceptors (Lipinski definition) is 3. The second-order valence-electron chi connectivity index (χ2n) is 4.62. The Kier molecular flexibility index (Phi) is 5.76. The van der Waals surface area contributed by atoms with E-state index in [4.69, 9.17) is 4.74 Å². The van der Waals surface area contributed by atoms with Gasteiger partial charge in [0.1, 0.15) is 11.6 Å². The minimum Gasteiger partial charge on any atom is -0.493 e. The van der Waals surface area contributed by atoms with Gasteiger partial charge in [0, 0.05) is 11.6 Å². The second kappa shape index (κ2) is 8.04. The Labute approximate surface area is 124 Å². The molecule has 0 aliphatic rings. The SMILES string of the molecule is CCCCOc1cc(F)ccc1C=NNc1ccccc1. The highest BCUT2D eigenvalue weighted by Gasteiger charge is 2.03. The fourth-order valence-corrected chi connectivity index (χ4v) is 1.76. The zero-order valence-electron chi connectivity index (χ0n) is 12.1. The number of para-hydroxylation sites is 1. The van der Waals surface area contributed by atoms with Crippen molar-refractivity contribution in [3.8, 4) is 5.75 Å². The van der Waals surface area contributed by atoms with Crippen LogP contribution in [0.3, 0.4) is 0 Å². The number of rotatable bonds is 7. The quantitative estimate of drug-likeness (QED) is 0.463. The van der Waals surface area contributed by atoms with Crippen molar-refractivity contribution < 1.29 is 9.13 Å². The molecular formula is C17H19FN2O. The lowest BCUT2D eigenvalue weighted by atomic mass is 10.2. The average Bonchev–Trinajstić information content (AvgIpc) is 2.51. The standard InChI is InChI=1S/C17H19FN2O/c1-2-3-11-21-17-12-15(18)10-9-14(17)13-19-20-16-7-5-4-6-8-16/h4-10,12-13,20H,2-3,11H2,1H3. The first-order chi connectivity index (χ1) is 10.3. The van der Waals surface area contributed by atoms with Crippen LogP contribution in [0, 0.1) is 5.82 Å². The van der Waals surface area contributed by atoms with E-state index in [0.717, 1.165) is 24.1 Å². The van der Waals surface area contributed by atoms with E-state index < -0.39 is 0 Å². The van der Waals surface area contributed by atoms with Gasteiger partial charge in [-0.15, -0.1) is 0 Å². The van der Waals surface area contributed by atoms with Crippen LogP contribution in [0.25, 0.3) is 0 Å². The summed E-state index contributed by atoms with van der Waals surface area (Å²) in [6, 6.07) is 14.1. The number of anilines is 1. The van der Waals surface area contributed by atoms with Crippen molar-refractivity contribution in [2.45, 2.75) is 19.8 Å². The molecule has 21 heavy (non-hydrogen) atoms. The van der Waals surface area contributed by atoms with Crippen molar-refractivity contribution >= 4 is 11.9 Å². The van der Waals surface area contributed by atoms with Crippen LogP contribution in [0.2, 0.25) is 0 Å². The van der Waals surface area contributed by atoms with Crippen LogP contribution in [0.1, 0.15) is 25.3 Å². The summed E-state index contributed by atoms with van der Waals surface area (Å²) in [5.41, 5.74) is 4.56. The van der Waals surface area contributed by atoms with Gasteiger partial charge in [0.2, 0.25) is 0 Å². The highest BCUT2D eigenvalue weighted by atomic mass is 19.1. The summed E-state index contributed by atoms with van der Waals surface area (Å²) < 4.78 is 18.9. The van der Waals surface area contributed by atoms with Gasteiger partial charge < -0.3 is 4.74 Å². The van der Waals surface area contributed by atoms with Gasteiger partial charge in [0.15, 0.2) is 0 Å². The number of hydrogen-bond donors (Lipinski definition) is 1. The van der Waals surface area contributed by atoms with Gasteiger partial charge in [0.25, 0.3) is 0 Å². The lowest BCUT2D eigenvalue weighted by Crippen LogP contribution is -2.01. The molecule has 0 bridgehead atoms. The maximum atomic E-state index is 13.3. The third-order valence-electron chi connectivity index (χ3n) is 2.90. The molecular weight excluding hydrogens is 267 g/mol. The number of ether oxygens (including phenoxy) is 1. The molecule has 0 atom stereocenters. The summed E-state index contributed by atoms with van der Waals surface area (Å²) in [7, 11) is 0. The van der Waals surface area contributed by atoms with Gasteiger partial charge in [0.05, 0.1) is 18.5 Å². The smallest absolute Gasteiger partial charge is 0.131 e. The largest absolute Gasteiger partial charge is 0.493 e. The van der Waals surface area contributed by atoms with Gasteiger partial charge in [-0.2, -0.15) is 5.10 Å². The van der Waals surface area contributed by atoms with Crippen LogP contribution >= 0.6 is 0 Å². The zero-order chi connectivity index (χ0) is 14.9. The van der Waals surface area contributed by atoms with E-state index in [9.17, 15) is 4.39 Å². The number of halogens is 1. The topological polar surface area (TPSA) is 33.6 Å². The maximum Gasteiger partial charge on any atom is 0.131 e. The lowest BCUT2D eigenvalue weighted by Gasteiger charge is -2.08. The highest BCUT2D eigenvalue weighted by molar-refractivity contribution is 5.84. The van der Waals surface area contributed by atoms with E-state index in [1.165, 1.54) is 12.1 Å². The molecule has 0 unspecified atom stereocenters. The normalized spacial score (nSPS) is 10.8. The van der Waals surface area contributed by atoms with Gasteiger partial charge in [-0.1, -0.05) is 31.5 Å². The molecule has 2 rings (SSSR count). The van der Waals surface area contributed by atoms with Crippen molar-refractivity contribution in [3.05, 3.63) is 59.9 Å². The predicted molar refractivity (Wildman–Crippen MR) is 84.5 cm³/mol. The van der Waals surface area contributed by atoms with E-state index in [1.807, 2.05) is 30.3 Å². The van der Waals surface area contributed by atoms with Crippen LogP contribution in [-0.4, -0.2) is 12.8 Å². The van der Waals surface area contributed by atoms with Crippen molar-refractivity contribution in [2.75, 3.05) is 12.0 Å². The molecule has 110 valence electrons. The molecule has 0 aliphatic heterocycles. The van der Waals surface area contributed by atoms with E-state index in [0.29, 0.717) is 12.4 Å². The molecule has 2 aromatic carbocycles. The molecule has 1 N–H and O–H groups in total. The number of benzene rings is 2. The summed E-state index contributed by atoms with van der Waals surface area (Å²) >= 11 is 0. The molecule has 0 radical (unpaired) electrons. The molecule has 0 saturated heterocycles. The van der Waals surface area contributed by atoms with E-state index in [1.54, 1.807) is 12.3 Å². The van der Waals surface area contributed by atoms with Crippen LogP contribution in [0.4, 0.5) is 10.1 Å². The van der Waals surface area contributed by atoms with Gasteiger partial charge in [-0.25, -0.2) is 4.39 Å². The molecule has 0 fully saturated rings. The Balaban J connectivity index is 2.04. The Hall–Kier alpha value is -2.36.